The molecule has 0 radical (unpaired) electrons. The molecule has 0 bridgehead atoms. The number of nitrogens with one attached hydrogen (secondary N) is 3. The molecule has 0 aromatic rings. The number of nitrogens with zero attached hydrogens (tertiary/aromatic N) is 1. The van der Waals surface area contributed by atoms with E-state index in [0.29, 0.717) is 25.6 Å². The Labute approximate surface area is 144 Å². The van der Waals surface area contributed by atoms with Crippen LogP contribution in [0.5, 0.6) is 0 Å². The minimum Gasteiger partial charge on any atom is -0.377 e. The van der Waals surface area contributed by atoms with Gasteiger partial charge in [0.05, 0.1) is 18.0 Å². The first-order chi connectivity index (χ1) is 11.6. The molecule has 2 unspecified atom stereocenters. The smallest absolute Gasteiger partial charge is 0.213 e. The lowest BCUT2D eigenvalue weighted by molar-refractivity contribution is 0.0200. The van der Waals surface area contributed by atoms with Gasteiger partial charge in [0.25, 0.3) is 0 Å². The summed E-state index contributed by atoms with van der Waals surface area (Å²) in [6.07, 6.45) is 5.43. The van der Waals surface area contributed by atoms with Gasteiger partial charge in [-0.25, -0.2) is 13.1 Å². The molecule has 2 atom stereocenters. The molecule has 0 spiro atoms. The maximum Gasteiger partial charge on any atom is 0.213 e. The van der Waals surface area contributed by atoms with Crippen LogP contribution in [0.25, 0.3) is 0 Å². The largest absolute Gasteiger partial charge is 0.377 e. The summed E-state index contributed by atoms with van der Waals surface area (Å²) in [6, 6.07) is 0. The van der Waals surface area contributed by atoms with Gasteiger partial charge in [-0.2, -0.15) is 0 Å². The molecule has 3 N–H and O–H groups in total. The number of aliphatic imine (C=N–C) groups is 1. The van der Waals surface area contributed by atoms with Crippen LogP contribution in [0, 0.1) is 0 Å². The molecule has 2 aliphatic heterocycles. The second-order valence-electron chi connectivity index (χ2n) is 6.17. The molecule has 2 heterocycles. The molecule has 24 heavy (non-hydrogen) atoms. The van der Waals surface area contributed by atoms with Crippen molar-refractivity contribution in [1.82, 2.24) is 15.4 Å². The fourth-order valence-electron chi connectivity index (χ4n) is 2.80. The van der Waals surface area contributed by atoms with Crippen molar-refractivity contribution >= 4 is 16.0 Å². The van der Waals surface area contributed by atoms with Gasteiger partial charge in [0.15, 0.2) is 5.96 Å². The lowest BCUT2D eigenvalue weighted by Gasteiger charge is -2.22. The van der Waals surface area contributed by atoms with Gasteiger partial charge in [0.1, 0.15) is 0 Å². The molecular weight excluding hydrogens is 332 g/mol. The van der Waals surface area contributed by atoms with E-state index >= 15 is 0 Å². The van der Waals surface area contributed by atoms with E-state index < -0.39 is 10.0 Å². The first-order valence-corrected chi connectivity index (χ1v) is 10.4. The maximum atomic E-state index is 12.0. The molecule has 140 valence electrons. The van der Waals surface area contributed by atoms with Crippen LogP contribution in [-0.4, -0.2) is 72.2 Å². The summed E-state index contributed by atoms with van der Waals surface area (Å²) in [6.45, 7) is 2.87. The van der Waals surface area contributed by atoms with Crippen molar-refractivity contribution in [3.05, 3.63) is 0 Å². The molecule has 2 aliphatic rings. The summed E-state index contributed by atoms with van der Waals surface area (Å²) < 4.78 is 37.7. The van der Waals surface area contributed by atoms with Gasteiger partial charge in [0, 0.05) is 39.9 Å². The van der Waals surface area contributed by atoms with Crippen LogP contribution in [0.1, 0.15) is 32.1 Å². The average molecular weight is 362 g/mol. The molecule has 0 aromatic carbocycles. The molecule has 0 aliphatic carbocycles. The van der Waals surface area contributed by atoms with Crippen LogP contribution in [0.15, 0.2) is 4.99 Å². The molecule has 0 aromatic heterocycles. The molecule has 0 amide bonds. The van der Waals surface area contributed by atoms with Crippen molar-refractivity contribution in [1.29, 1.82) is 0 Å². The molecule has 2 saturated heterocycles. The van der Waals surface area contributed by atoms with Crippen molar-refractivity contribution < 1.29 is 17.9 Å². The van der Waals surface area contributed by atoms with Gasteiger partial charge in [0.2, 0.25) is 10.0 Å². The Bertz CT molecular complexity index is 486. The number of hydrogen-bond acceptors (Lipinski definition) is 5. The molecular formula is C15H30N4O4S. The highest BCUT2D eigenvalue weighted by Gasteiger charge is 2.18. The monoisotopic (exact) mass is 362 g/mol. The molecule has 0 saturated carbocycles. The predicted octanol–water partition coefficient (Wildman–Crippen LogP) is -0.181. The lowest BCUT2D eigenvalue weighted by atomic mass is 10.1. The van der Waals surface area contributed by atoms with Crippen LogP contribution >= 0.6 is 0 Å². The first-order valence-electron chi connectivity index (χ1n) is 8.74. The zero-order valence-corrected chi connectivity index (χ0v) is 15.2. The third-order valence-corrected chi connectivity index (χ3v) is 5.56. The third kappa shape index (κ3) is 7.33. The van der Waals surface area contributed by atoms with E-state index in [9.17, 15) is 8.42 Å². The molecule has 2 fully saturated rings. The van der Waals surface area contributed by atoms with Gasteiger partial charge >= 0.3 is 0 Å². The van der Waals surface area contributed by atoms with Crippen LogP contribution in [0.3, 0.4) is 0 Å². The van der Waals surface area contributed by atoms with Crippen LogP contribution in [-0.2, 0) is 19.5 Å². The SMILES string of the molecule is CN=C(NCCS(=O)(=O)NCC1CCCCO1)NCC1CCCO1. The normalized spacial score (nSPS) is 25.6. The van der Waals surface area contributed by atoms with E-state index in [2.05, 4.69) is 20.3 Å². The predicted molar refractivity (Wildman–Crippen MR) is 93.7 cm³/mol. The van der Waals surface area contributed by atoms with Crippen molar-refractivity contribution in [3.8, 4) is 0 Å². The fourth-order valence-corrected chi connectivity index (χ4v) is 3.76. The van der Waals surface area contributed by atoms with Gasteiger partial charge in [-0.05, 0) is 32.1 Å². The topological polar surface area (TPSA) is 101 Å². The fraction of sp³-hybridized carbons (Fsp3) is 0.933. The van der Waals surface area contributed by atoms with Crippen molar-refractivity contribution in [2.24, 2.45) is 4.99 Å². The van der Waals surface area contributed by atoms with Crippen LogP contribution in [0.2, 0.25) is 0 Å². The number of rotatable bonds is 8. The van der Waals surface area contributed by atoms with E-state index in [-0.39, 0.29) is 18.0 Å². The van der Waals surface area contributed by atoms with E-state index in [0.717, 1.165) is 45.3 Å². The van der Waals surface area contributed by atoms with Crippen molar-refractivity contribution in [2.45, 2.75) is 44.3 Å². The Morgan fingerprint density at radius 2 is 1.75 bits per heavy atom. The van der Waals surface area contributed by atoms with Crippen molar-refractivity contribution in [3.63, 3.8) is 0 Å². The summed E-state index contributed by atoms with van der Waals surface area (Å²) >= 11 is 0. The van der Waals surface area contributed by atoms with E-state index in [1.54, 1.807) is 7.05 Å². The highest BCUT2D eigenvalue weighted by molar-refractivity contribution is 7.89. The Balaban J connectivity index is 1.61. The minimum atomic E-state index is -3.32. The number of ether oxygens (including phenoxy) is 2. The highest BCUT2D eigenvalue weighted by atomic mass is 32.2. The Kier molecular flexibility index (Phi) is 8.23. The van der Waals surface area contributed by atoms with Gasteiger partial charge in [-0.15, -0.1) is 0 Å². The molecule has 9 heteroatoms. The van der Waals surface area contributed by atoms with Crippen LogP contribution in [0.4, 0.5) is 0 Å². The zero-order chi connectivity index (χ0) is 17.3. The van der Waals surface area contributed by atoms with Crippen molar-refractivity contribution in [2.75, 3.05) is 45.6 Å². The summed E-state index contributed by atoms with van der Waals surface area (Å²) in [4.78, 5) is 4.09. The first kappa shape index (κ1) is 19.4. The number of guanidine groups is 1. The number of sulfonamides is 1. The van der Waals surface area contributed by atoms with E-state index in [4.69, 9.17) is 9.47 Å². The summed E-state index contributed by atoms with van der Waals surface area (Å²) in [5.41, 5.74) is 0. The Morgan fingerprint density at radius 3 is 2.42 bits per heavy atom. The summed E-state index contributed by atoms with van der Waals surface area (Å²) in [7, 11) is -1.65. The average Bonchev–Trinajstić information content (AvgIpc) is 3.10. The molecule has 2 rings (SSSR count). The highest BCUT2D eigenvalue weighted by Crippen LogP contribution is 2.12. The Hall–Kier alpha value is -0.900. The second kappa shape index (κ2) is 10.2. The van der Waals surface area contributed by atoms with Gasteiger partial charge < -0.3 is 20.1 Å². The summed E-state index contributed by atoms with van der Waals surface area (Å²) in [5.74, 6) is 0.594. The van der Waals surface area contributed by atoms with Gasteiger partial charge in [-0.1, -0.05) is 0 Å². The zero-order valence-electron chi connectivity index (χ0n) is 14.4. The molecule has 8 nitrogen and oxygen atoms in total. The lowest BCUT2D eigenvalue weighted by Crippen LogP contribution is -2.44. The standard InChI is InChI=1S/C15H30N4O4S/c1-16-15(18-11-13-6-4-9-23-13)17-7-10-24(20,21)19-12-14-5-2-3-8-22-14/h13-14,19H,2-12H2,1H3,(H2,16,17,18). The summed E-state index contributed by atoms with van der Waals surface area (Å²) in [5, 5.41) is 6.18. The quantitative estimate of drug-likeness (QED) is 0.409. The van der Waals surface area contributed by atoms with Gasteiger partial charge in [-0.3, -0.25) is 4.99 Å². The second-order valence-corrected chi connectivity index (χ2v) is 8.10. The maximum absolute atomic E-state index is 12.0. The minimum absolute atomic E-state index is 0.000346. The van der Waals surface area contributed by atoms with E-state index in [1.165, 1.54) is 0 Å². The van der Waals surface area contributed by atoms with E-state index in [1.807, 2.05) is 0 Å². The number of hydrogen-bond donors (Lipinski definition) is 3. The Morgan fingerprint density at radius 1 is 1.04 bits per heavy atom. The van der Waals surface area contributed by atoms with Crippen LogP contribution < -0.4 is 15.4 Å². The third-order valence-electron chi connectivity index (χ3n) is 4.21.